The number of aromatic nitrogens is 1. The largest absolute Gasteiger partial charge is 0.433 e. The Morgan fingerprint density at radius 1 is 1.11 bits per heavy atom. The van der Waals surface area contributed by atoms with E-state index in [9.17, 15) is 26.4 Å². The van der Waals surface area contributed by atoms with Crippen molar-refractivity contribution < 1.29 is 26.4 Å². The quantitative estimate of drug-likeness (QED) is 0.513. The van der Waals surface area contributed by atoms with E-state index in [1.165, 1.54) is 11.8 Å². The van der Waals surface area contributed by atoms with Gasteiger partial charge in [-0.15, -0.1) is 0 Å². The standard InChI is InChI=1S/C25H36F3N3O3S/c1-16-12-20(25(26,27)28)30-22(31(2)3)21(16)23(32)29-15-24(13-17-4-5-17)10-8-19(9-11-24)35(33,34)14-18-6-7-18/h12,17-19H,4-11,13-15H2,1-3H3,(H,29,32). The van der Waals surface area contributed by atoms with Crippen molar-refractivity contribution in [1.82, 2.24) is 10.3 Å². The number of aryl methyl sites for hydroxylation is 1. The molecule has 1 aromatic heterocycles. The minimum absolute atomic E-state index is 0.0130. The van der Waals surface area contributed by atoms with Gasteiger partial charge >= 0.3 is 6.18 Å². The first-order chi connectivity index (χ1) is 16.3. The third-order valence-corrected chi connectivity index (χ3v) is 10.3. The highest BCUT2D eigenvalue weighted by Gasteiger charge is 2.44. The molecule has 3 fully saturated rings. The van der Waals surface area contributed by atoms with E-state index in [1.54, 1.807) is 14.1 Å². The molecule has 196 valence electrons. The van der Waals surface area contributed by atoms with Gasteiger partial charge in [0.25, 0.3) is 5.91 Å². The van der Waals surface area contributed by atoms with E-state index in [1.807, 2.05) is 0 Å². The third kappa shape index (κ3) is 6.30. The molecule has 3 aliphatic carbocycles. The van der Waals surface area contributed by atoms with Gasteiger partial charge in [0.1, 0.15) is 11.5 Å². The Labute approximate surface area is 206 Å². The lowest BCUT2D eigenvalue weighted by atomic mass is 9.70. The number of alkyl halides is 3. The zero-order valence-corrected chi connectivity index (χ0v) is 21.6. The van der Waals surface area contributed by atoms with E-state index in [2.05, 4.69) is 10.3 Å². The fraction of sp³-hybridized carbons (Fsp3) is 0.760. The Hall–Kier alpha value is -1.84. The van der Waals surface area contributed by atoms with Crippen molar-refractivity contribution in [1.29, 1.82) is 0 Å². The molecule has 35 heavy (non-hydrogen) atoms. The number of pyridine rings is 1. The molecular weight excluding hydrogens is 479 g/mol. The van der Waals surface area contributed by atoms with Crippen LogP contribution in [0.2, 0.25) is 0 Å². The first-order valence-electron chi connectivity index (χ1n) is 12.6. The molecule has 0 unspecified atom stereocenters. The molecule has 0 spiro atoms. The van der Waals surface area contributed by atoms with Crippen LogP contribution in [0.25, 0.3) is 0 Å². The fourth-order valence-corrected chi connectivity index (χ4v) is 7.68. The molecule has 3 saturated carbocycles. The average Bonchev–Trinajstić information content (AvgIpc) is 3.69. The number of anilines is 1. The van der Waals surface area contributed by atoms with Gasteiger partial charge in [0.05, 0.1) is 16.6 Å². The number of rotatable bonds is 9. The zero-order chi connectivity index (χ0) is 25.6. The second-order valence-corrected chi connectivity index (χ2v) is 13.5. The van der Waals surface area contributed by atoms with Crippen molar-refractivity contribution in [2.24, 2.45) is 17.3 Å². The van der Waals surface area contributed by atoms with Gasteiger partial charge in [-0.05, 0) is 80.8 Å². The number of hydrogen-bond donors (Lipinski definition) is 1. The van der Waals surface area contributed by atoms with Gasteiger partial charge in [0, 0.05) is 20.6 Å². The monoisotopic (exact) mass is 515 g/mol. The van der Waals surface area contributed by atoms with Crippen LogP contribution in [-0.2, 0) is 16.0 Å². The molecule has 1 amide bonds. The summed E-state index contributed by atoms with van der Waals surface area (Å²) in [4.78, 5) is 18.4. The summed E-state index contributed by atoms with van der Waals surface area (Å²) < 4.78 is 65.4. The molecule has 0 atom stereocenters. The van der Waals surface area contributed by atoms with E-state index >= 15 is 0 Å². The van der Waals surface area contributed by atoms with Gasteiger partial charge < -0.3 is 10.2 Å². The maximum Gasteiger partial charge on any atom is 0.433 e. The van der Waals surface area contributed by atoms with E-state index in [4.69, 9.17) is 0 Å². The zero-order valence-electron chi connectivity index (χ0n) is 20.7. The van der Waals surface area contributed by atoms with Crippen LogP contribution in [0.1, 0.15) is 79.4 Å². The van der Waals surface area contributed by atoms with Crippen LogP contribution in [0, 0.1) is 24.2 Å². The highest BCUT2D eigenvalue weighted by atomic mass is 32.2. The van der Waals surface area contributed by atoms with Crippen molar-refractivity contribution in [3.8, 4) is 0 Å². The summed E-state index contributed by atoms with van der Waals surface area (Å²) in [6.07, 6.45) is 3.39. The van der Waals surface area contributed by atoms with Crippen molar-refractivity contribution in [2.45, 2.75) is 76.1 Å². The van der Waals surface area contributed by atoms with Gasteiger partial charge in [-0.2, -0.15) is 13.2 Å². The molecule has 10 heteroatoms. The molecule has 0 aliphatic heterocycles. The number of carbonyl (C=O) groups is 1. The fourth-order valence-electron chi connectivity index (χ4n) is 5.46. The molecule has 0 bridgehead atoms. The number of carbonyl (C=O) groups excluding carboxylic acids is 1. The van der Waals surface area contributed by atoms with Gasteiger partial charge in [-0.3, -0.25) is 4.79 Å². The van der Waals surface area contributed by atoms with E-state index in [0.29, 0.717) is 37.0 Å². The Morgan fingerprint density at radius 2 is 1.71 bits per heavy atom. The second-order valence-electron chi connectivity index (χ2n) is 11.2. The Kier molecular flexibility index (Phi) is 7.16. The predicted octanol–water partition coefficient (Wildman–Crippen LogP) is 4.76. The molecule has 0 aromatic carbocycles. The maximum atomic E-state index is 13.3. The number of amides is 1. The summed E-state index contributed by atoms with van der Waals surface area (Å²) in [6.45, 7) is 1.89. The number of sulfone groups is 1. The second kappa shape index (κ2) is 9.56. The lowest BCUT2D eigenvalue weighted by Crippen LogP contribution is -2.43. The highest BCUT2D eigenvalue weighted by Crippen LogP contribution is 2.49. The molecule has 1 heterocycles. The average molecular weight is 516 g/mol. The molecule has 6 nitrogen and oxygen atoms in total. The number of halogens is 3. The minimum atomic E-state index is -4.60. The Morgan fingerprint density at radius 3 is 2.23 bits per heavy atom. The van der Waals surface area contributed by atoms with Crippen LogP contribution < -0.4 is 10.2 Å². The van der Waals surface area contributed by atoms with E-state index < -0.39 is 27.6 Å². The van der Waals surface area contributed by atoms with E-state index in [-0.39, 0.29) is 27.6 Å². The summed E-state index contributed by atoms with van der Waals surface area (Å²) in [5.41, 5.74) is -0.829. The van der Waals surface area contributed by atoms with Crippen LogP contribution in [0.3, 0.4) is 0 Å². The van der Waals surface area contributed by atoms with Gasteiger partial charge in [0.2, 0.25) is 0 Å². The molecule has 0 radical (unpaired) electrons. The van der Waals surface area contributed by atoms with Crippen LogP contribution >= 0.6 is 0 Å². The maximum absolute atomic E-state index is 13.3. The first kappa shape index (κ1) is 26.2. The Balaban J connectivity index is 1.48. The van der Waals surface area contributed by atoms with E-state index in [0.717, 1.165) is 51.0 Å². The smallest absolute Gasteiger partial charge is 0.362 e. The lowest BCUT2D eigenvalue weighted by Gasteiger charge is -2.40. The molecule has 1 N–H and O–H groups in total. The normalized spacial score (nSPS) is 25.4. The molecule has 3 aliphatic rings. The SMILES string of the molecule is Cc1cc(C(F)(F)F)nc(N(C)C)c1C(=O)NCC1(CC2CC2)CCC(S(=O)(=O)CC2CC2)CC1. The van der Waals surface area contributed by atoms with Crippen LogP contribution in [-0.4, -0.2) is 51.0 Å². The van der Waals surface area contributed by atoms with Crippen molar-refractivity contribution in [3.63, 3.8) is 0 Å². The number of nitrogens with one attached hydrogen (secondary N) is 1. The van der Waals surface area contributed by atoms with Crippen molar-refractivity contribution in [2.75, 3.05) is 31.3 Å². The van der Waals surface area contributed by atoms with Crippen LogP contribution in [0.5, 0.6) is 0 Å². The summed E-state index contributed by atoms with van der Waals surface area (Å²) in [7, 11) is 0.0449. The molecule has 0 saturated heterocycles. The first-order valence-corrected chi connectivity index (χ1v) is 14.3. The van der Waals surface area contributed by atoms with Gasteiger partial charge in [-0.1, -0.05) is 12.8 Å². The topological polar surface area (TPSA) is 79.4 Å². The third-order valence-electron chi connectivity index (χ3n) is 7.85. The number of hydrogen-bond acceptors (Lipinski definition) is 5. The van der Waals surface area contributed by atoms with Gasteiger partial charge in [-0.25, -0.2) is 13.4 Å². The van der Waals surface area contributed by atoms with Crippen LogP contribution in [0.15, 0.2) is 6.07 Å². The molecule has 1 aromatic rings. The highest BCUT2D eigenvalue weighted by molar-refractivity contribution is 7.92. The molecule has 4 rings (SSSR count). The Bertz CT molecular complexity index is 1060. The van der Waals surface area contributed by atoms with Crippen LogP contribution in [0.4, 0.5) is 19.0 Å². The van der Waals surface area contributed by atoms with Crippen molar-refractivity contribution >= 4 is 21.6 Å². The van der Waals surface area contributed by atoms with Gasteiger partial charge in [0.15, 0.2) is 9.84 Å². The predicted molar refractivity (Wildman–Crippen MR) is 129 cm³/mol. The summed E-state index contributed by atoms with van der Waals surface area (Å²) in [5, 5.41) is 2.70. The summed E-state index contributed by atoms with van der Waals surface area (Å²) >= 11 is 0. The van der Waals surface area contributed by atoms with Crippen molar-refractivity contribution in [3.05, 3.63) is 22.9 Å². The summed E-state index contributed by atoms with van der Waals surface area (Å²) in [6, 6.07) is 0.914. The summed E-state index contributed by atoms with van der Waals surface area (Å²) in [5.74, 6) is 0.798. The lowest BCUT2D eigenvalue weighted by molar-refractivity contribution is -0.141. The molecular formula is C25H36F3N3O3S. The number of nitrogens with zero attached hydrogens (tertiary/aromatic N) is 2. The minimum Gasteiger partial charge on any atom is -0.362 e.